The van der Waals surface area contributed by atoms with E-state index in [1.807, 2.05) is 89.3 Å². The highest BCUT2D eigenvalue weighted by atomic mass is 16.6. The van der Waals surface area contributed by atoms with E-state index in [2.05, 4.69) is 21.4 Å². The molecule has 2 aromatic carbocycles. The molecule has 3 atom stereocenters. The molecule has 1 aromatic heterocycles. The summed E-state index contributed by atoms with van der Waals surface area (Å²) in [7, 11) is 3.52. The maximum absolute atomic E-state index is 13.6. The number of hydrogen-bond acceptors (Lipinski definition) is 7. The molecule has 0 spiro atoms. The Hall–Kier alpha value is -4.05. The second kappa shape index (κ2) is 11.7. The van der Waals surface area contributed by atoms with Crippen molar-refractivity contribution >= 4 is 17.7 Å². The predicted molar refractivity (Wildman–Crippen MR) is 161 cm³/mol. The van der Waals surface area contributed by atoms with E-state index >= 15 is 0 Å². The van der Waals surface area contributed by atoms with Gasteiger partial charge in [-0.1, -0.05) is 6.07 Å². The van der Waals surface area contributed by atoms with Gasteiger partial charge in [0.2, 0.25) is 0 Å². The first-order valence-electron chi connectivity index (χ1n) is 14.4. The van der Waals surface area contributed by atoms with E-state index in [1.165, 1.54) is 0 Å². The minimum absolute atomic E-state index is 0.131. The number of amides is 2. The summed E-state index contributed by atoms with van der Waals surface area (Å²) >= 11 is 0. The third kappa shape index (κ3) is 6.38. The monoisotopic (exact) mass is 575 g/mol. The smallest absolute Gasteiger partial charge is 0.411 e. The topological polar surface area (TPSA) is 98.2 Å². The molecule has 5 rings (SSSR count). The molecule has 42 heavy (non-hydrogen) atoms. The van der Waals surface area contributed by atoms with Crippen molar-refractivity contribution in [1.82, 2.24) is 20.0 Å². The SMILES string of the molecule is COc1cc(-c2cnn(C)c2)cc([C@@H](C)NC(=O)c2cc(N3C[C@H]4COC[C@@H](C3)N4C(=O)OC(C)(C)C)ccc2C)c1. The molecule has 0 saturated carbocycles. The minimum Gasteiger partial charge on any atom is -0.497 e. The van der Waals surface area contributed by atoms with Crippen molar-refractivity contribution in [2.75, 3.05) is 38.3 Å². The molecule has 0 unspecified atom stereocenters. The summed E-state index contributed by atoms with van der Waals surface area (Å²) in [4.78, 5) is 30.7. The van der Waals surface area contributed by atoms with Crippen LogP contribution in [0.2, 0.25) is 0 Å². The zero-order chi connectivity index (χ0) is 30.2. The number of nitrogens with one attached hydrogen (secondary N) is 1. The zero-order valence-electron chi connectivity index (χ0n) is 25.5. The number of fused-ring (bicyclic) bond motifs is 2. The van der Waals surface area contributed by atoms with Gasteiger partial charge in [-0.25, -0.2) is 4.79 Å². The number of methoxy groups -OCH3 is 1. The van der Waals surface area contributed by atoms with Gasteiger partial charge in [0.15, 0.2) is 0 Å². The van der Waals surface area contributed by atoms with Crippen LogP contribution in [0.1, 0.15) is 55.2 Å². The maximum Gasteiger partial charge on any atom is 0.411 e. The number of benzene rings is 2. The molecule has 2 amide bonds. The Bertz CT molecular complexity index is 1450. The van der Waals surface area contributed by atoms with Crippen LogP contribution in [0.15, 0.2) is 48.8 Å². The van der Waals surface area contributed by atoms with Gasteiger partial charge in [0.05, 0.1) is 44.6 Å². The van der Waals surface area contributed by atoms with Crippen LogP contribution in [0.25, 0.3) is 11.1 Å². The molecule has 224 valence electrons. The molecule has 3 aromatic rings. The lowest BCUT2D eigenvalue weighted by atomic mass is 10.00. The number of anilines is 1. The van der Waals surface area contributed by atoms with Crippen molar-refractivity contribution in [1.29, 1.82) is 0 Å². The van der Waals surface area contributed by atoms with Gasteiger partial charge in [-0.2, -0.15) is 5.10 Å². The Morgan fingerprint density at radius 3 is 2.40 bits per heavy atom. The number of carbonyl (C=O) groups excluding carboxylic acids is 2. The fourth-order valence-electron chi connectivity index (χ4n) is 5.62. The van der Waals surface area contributed by atoms with Crippen LogP contribution >= 0.6 is 0 Å². The number of nitrogens with zero attached hydrogens (tertiary/aromatic N) is 4. The third-order valence-corrected chi connectivity index (χ3v) is 7.76. The lowest BCUT2D eigenvalue weighted by Gasteiger charge is -2.50. The first-order valence-corrected chi connectivity index (χ1v) is 14.4. The number of aryl methyl sites for hydroxylation is 2. The van der Waals surface area contributed by atoms with Gasteiger partial charge in [-0.15, -0.1) is 0 Å². The van der Waals surface area contributed by atoms with Crippen LogP contribution in [0.4, 0.5) is 10.5 Å². The van der Waals surface area contributed by atoms with E-state index < -0.39 is 5.60 Å². The van der Waals surface area contributed by atoms with Crippen LogP contribution in [0, 0.1) is 6.92 Å². The lowest BCUT2D eigenvalue weighted by molar-refractivity contribution is -0.0665. The van der Waals surface area contributed by atoms with Crippen LogP contribution in [0.3, 0.4) is 0 Å². The largest absolute Gasteiger partial charge is 0.497 e. The first-order chi connectivity index (χ1) is 19.9. The number of piperazine rings is 1. The number of aromatic nitrogens is 2. The van der Waals surface area contributed by atoms with Crippen molar-refractivity contribution in [3.8, 4) is 16.9 Å². The van der Waals surface area contributed by atoms with Gasteiger partial charge in [-0.05, 0) is 81.6 Å². The molecule has 1 N–H and O–H groups in total. The molecule has 3 heterocycles. The average Bonchev–Trinajstić information content (AvgIpc) is 3.37. The summed E-state index contributed by atoms with van der Waals surface area (Å²) < 4.78 is 18.8. The van der Waals surface area contributed by atoms with E-state index in [9.17, 15) is 9.59 Å². The van der Waals surface area contributed by atoms with Gasteiger partial charge in [0, 0.05) is 43.1 Å². The summed E-state index contributed by atoms with van der Waals surface area (Å²) in [5, 5.41) is 7.46. The third-order valence-electron chi connectivity index (χ3n) is 7.76. The van der Waals surface area contributed by atoms with E-state index in [-0.39, 0.29) is 30.1 Å². The molecule has 2 saturated heterocycles. The van der Waals surface area contributed by atoms with Crippen molar-refractivity contribution in [3.63, 3.8) is 0 Å². The number of carbonyl (C=O) groups is 2. The van der Waals surface area contributed by atoms with Gasteiger partial charge in [-0.3, -0.25) is 14.4 Å². The molecule has 2 fully saturated rings. The Kier molecular flexibility index (Phi) is 8.19. The second-order valence-corrected chi connectivity index (χ2v) is 12.2. The summed E-state index contributed by atoms with van der Waals surface area (Å²) in [6.45, 7) is 11.6. The number of ether oxygens (including phenoxy) is 3. The van der Waals surface area contributed by atoms with Gasteiger partial charge >= 0.3 is 6.09 Å². The van der Waals surface area contributed by atoms with Crippen LogP contribution < -0.4 is 15.0 Å². The van der Waals surface area contributed by atoms with Crippen molar-refractivity contribution in [2.45, 2.75) is 58.3 Å². The molecule has 10 heteroatoms. The first kappa shape index (κ1) is 29.4. The molecular formula is C32H41N5O5. The number of hydrogen-bond donors (Lipinski definition) is 1. The zero-order valence-corrected chi connectivity index (χ0v) is 25.5. The van der Waals surface area contributed by atoms with E-state index in [1.54, 1.807) is 11.8 Å². The minimum atomic E-state index is -0.565. The lowest BCUT2D eigenvalue weighted by Crippen LogP contribution is -2.66. The van der Waals surface area contributed by atoms with E-state index in [0.29, 0.717) is 37.6 Å². The van der Waals surface area contributed by atoms with Crippen molar-refractivity contribution in [2.24, 2.45) is 7.05 Å². The highest BCUT2D eigenvalue weighted by Gasteiger charge is 2.43. The summed E-state index contributed by atoms with van der Waals surface area (Å²) in [6, 6.07) is 11.4. The second-order valence-electron chi connectivity index (χ2n) is 12.2. The standard InChI is InChI=1S/C32H41N5O5/c1-20-8-9-25(36-16-26-18-41-19-27(17-36)37(26)31(39)42-32(3,4)5)13-29(20)30(38)34-21(2)22-10-23(12-28(11-22)40-7)24-14-33-35(6)15-24/h8-15,21,26-27H,16-19H2,1-7H3,(H,34,38)/t21-,26-,27+/m1/s1. The quantitative estimate of drug-likeness (QED) is 0.454. The van der Waals surface area contributed by atoms with E-state index in [0.717, 1.165) is 27.9 Å². The fraction of sp³-hybridized carbons (Fsp3) is 0.469. The summed E-state index contributed by atoms with van der Waals surface area (Å²) in [5.74, 6) is 0.564. The highest BCUT2D eigenvalue weighted by Crippen LogP contribution is 2.31. The molecule has 10 nitrogen and oxygen atoms in total. The van der Waals surface area contributed by atoms with Gasteiger partial charge < -0.3 is 24.4 Å². The normalized spacial score (nSPS) is 19.3. The maximum atomic E-state index is 13.6. The van der Waals surface area contributed by atoms with Crippen molar-refractivity contribution < 1.29 is 23.8 Å². The fourth-order valence-corrected chi connectivity index (χ4v) is 5.62. The number of rotatable bonds is 6. The summed E-state index contributed by atoms with van der Waals surface area (Å²) in [6.07, 6.45) is 3.46. The van der Waals surface area contributed by atoms with Gasteiger partial charge in [0.1, 0.15) is 11.4 Å². The Morgan fingerprint density at radius 2 is 1.79 bits per heavy atom. The van der Waals surface area contributed by atoms with Crippen molar-refractivity contribution in [3.05, 3.63) is 65.5 Å². The molecular weight excluding hydrogens is 534 g/mol. The molecule has 0 radical (unpaired) electrons. The molecule has 2 aliphatic rings. The number of morpholine rings is 1. The van der Waals surface area contributed by atoms with Crippen LogP contribution in [0.5, 0.6) is 5.75 Å². The van der Waals surface area contributed by atoms with Crippen LogP contribution in [-0.4, -0.2) is 77.8 Å². The molecule has 2 aliphatic heterocycles. The molecule has 0 aliphatic carbocycles. The molecule has 2 bridgehead atoms. The Balaban J connectivity index is 1.33. The van der Waals surface area contributed by atoms with E-state index in [4.69, 9.17) is 14.2 Å². The summed E-state index contributed by atoms with van der Waals surface area (Å²) in [5.41, 5.74) is 4.76. The highest BCUT2D eigenvalue weighted by molar-refractivity contribution is 5.97. The average molecular weight is 576 g/mol. The Morgan fingerprint density at radius 1 is 1.07 bits per heavy atom. The Labute approximate surface area is 247 Å². The van der Waals surface area contributed by atoms with Gasteiger partial charge in [0.25, 0.3) is 5.91 Å². The predicted octanol–water partition coefficient (Wildman–Crippen LogP) is 4.72. The van der Waals surface area contributed by atoms with Crippen LogP contribution in [-0.2, 0) is 16.5 Å².